The maximum absolute atomic E-state index is 11.0. The van der Waals surface area contributed by atoms with Crippen molar-refractivity contribution in [2.75, 3.05) is 6.61 Å². The number of aliphatic hydroxyl groups is 4. The van der Waals surface area contributed by atoms with Crippen molar-refractivity contribution in [1.29, 1.82) is 0 Å². The largest absolute Gasteiger partial charge is 0.427 e. The summed E-state index contributed by atoms with van der Waals surface area (Å²) in [7, 11) is 0. The number of ketones is 1. The van der Waals surface area contributed by atoms with Gasteiger partial charge < -0.3 is 29.9 Å². The zero-order chi connectivity index (χ0) is 13.2. The summed E-state index contributed by atoms with van der Waals surface area (Å²) in [6.07, 6.45) is -7.68. The summed E-state index contributed by atoms with van der Waals surface area (Å²) >= 11 is 0. The molecule has 0 spiro atoms. The molecule has 1 aliphatic rings. The lowest BCUT2D eigenvalue weighted by Gasteiger charge is -2.38. The summed E-state index contributed by atoms with van der Waals surface area (Å²) in [4.78, 5) is 21.6. The molecule has 0 bridgehead atoms. The molecule has 1 aliphatic heterocycles. The van der Waals surface area contributed by atoms with E-state index in [1.54, 1.807) is 0 Å². The molecule has 8 heteroatoms. The Balaban J connectivity index is 2.72. The van der Waals surface area contributed by atoms with E-state index in [2.05, 4.69) is 4.74 Å². The highest BCUT2D eigenvalue weighted by Gasteiger charge is 2.45. The van der Waals surface area contributed by atoms with Gasteiger partial charge in [0.2, 0.25) is 12.1 Å². The van der Waals surface area contributed by atoms with Crippen LogP contribution in [-0.4, -0.2) is 69.5 Å². The molecule has 0 radical (unpaired) electrons. The minimum atomic E-state index is -1.70. The van der Waals surface area contributed by atoms with Crippen LogP contribution in [0.5, 0.6) is 0 Å². The van der Waals surface area contributed by atoms with E-state index >= 15 is 0 Å². The van der Waals surface area contributed by atoms with Gasteiger partial charge >= 0.3 is 5.97 Å². The second-order valence-electron chi connectivity index (χ2n) is 3.66. The Morgan fingerprint density at radius 2 is 1.76 bits per heavy atom. The molecule has 17 heavy (non-hydrogen) atoms. The van der Waals surface area contributed by atoms with Crippen molar-refractivity contribution in [3.05, 3.63) is 0 Å². The van der Waals surface area contributed by atoms with Gasteiger partial charge in [0.25, 0.3) is 0 Å². The number of carbonyl (C=O) groups excluding carboxylic acids is 2. The number of Topliss-reactive ketones (excluding diaryl/α,β-unsaturated/α-hetero) is 1. The van der Waals surface area contributed by atoms with Crippen LogP contribution in [0, 0.1) is 0 Å². The van der Waals surface area contributed by atoms with Gasteiger partial charge in [0.15, 0.2) is 0 Å². The molecule has 0 unspecified atom stereocenters. The molecule has 0 aromatic carbocycles. The van der Waals surface area contributed by atoms with Gasteiger partial charge in [-0.3, -0.25) is 4.79 Å². The summed E-state index contributed by atoms with van der Waals surface area (Å²) in [5, 5.41) is 37.1. The Labute approximate surface area is 96.4 Å². The van der Waals surface area contributed by atoms with E-state index in [1.165, 1.54) is 0 Å². The number of aliphatic hydroxyl groups excluding tert-OH is 4. The maximum Gasteiger partial charge on any atom is 0.376 e. The van der Waals surface area contributed by atoms with E-state index in [-0.39, 0.29) is 0 Å². The van der Waals surface area contributed by atoms with E-state index in [0.717, 1.165) is 6.92 Å². The van der Waals surface area contributed by atoms with E-state index in [4.69, 9.17) is 9.84 Å². The first-order valence-corrected chi connectivity index (χ1v) is 4.90. The van der Waals surface area contributed by atoms with Crippen molar-refractivity contribution in [2.24, 2.45) is 0 Å². The molecule has 1 fully saturated rings. The number of ether oxygens (including phenoxy) is 2. The van der Waals surface area contributed by atoms with Crippen molar-refractivity contribution >= 4 is 11.8 Å². The zero-order valence-corrected chi connectivity index (χ0v) is 9.02. The molecule has 1 heterocycles. The molecule has 8 nitrogen and oxygen atoms in total. The van der Waals surface area contributed by atoms with Crippen molar-refractivity contribution < 1.29 is 39.5 Å². The van der Waals surface area contributed by atoms with Gasteiger partial charge in [0.1, 0.15) is 24.4 Å². The normalized spacial score (nSPS) is 37.6. The summed E-state index contributed by atoms with van der Waals surface area (Å²) in [5.74, 6) is -2.14. The van der Waals surface area contributed by atoms with Crippen LogP contribution >= 0.6 is 0 Å². The van der Waals surface area contributed by atoms with E-state index in [1.807, 2.05) is 0 Å². The van der Waals surface area contributed by atoms with Gasteiger partial charge in [0, 0.05) is 6.92 Å². The molecule has 1 rings (SSSR count). The third kappa shape index (κ3) is 2.99. The van der Waals surface area contributed by atoms with Crippen molar-refractivity contribution in [2.45, 2.75) is 37.6 Å². The molecule has 98 valence electrons. The fourth-order valence-electron chi connectivity index (χ4n) is 1.35. The first kappa shape index (κ1) is 14.0. The highest BCUT2D eigenvalue weighted by molar-refractivity contribution is 6.32. The van der Waals surface area contributed by atoms with Gasteiger partial charge in [-0.2, -0.15) is 0 Å². The van der Waals surface area contributed by atoms with Gasteiger partial charge in [-0.15, -0.1) is 0 Å². The van der Waals surface area contributed by atoms with Gasteiger partial charge in [-0.25, -0.2) is 4.79 Å². The van der Waals surface area contributed by atoms with Crippen LogP contribution in [0.15, 0.2) is 0 Å². The third-order valence-electron chi connectivity index (χ3n) is 2.36. The average Bonchev–Trinajstić information content (AvgIpc) is 2.29. The molecule has 0 aromatic heterocycles. The molecule has 0 amide bonds. The molecule has 4 N–H and O–H groups in total. The number of hydrogen-bond acceptors (Lipinski definition) is 8. The lowest BCUT2D eigenvalue weighted by Crippen LogP contribution is -2.59. The average molecular weight is 250 g/mol. The van der Waals surface area contributed by atoms with Crippen LogP contribution in [0.1, 0.15) is 6.92 Å². The van der Waals surface area contributed by atoms with E-state index in [0.29, 0.717) is 0 Å². The predicted molar refractivity (Wildman–Crippen MR) is 50.5 cm³/mol. The highest BCUT2D eigenvalue weighted by atomic mass is 16.7. The van der Waals surface area contributed by atoms with Gasteiger partial charge in [0.05, 0.1) is 6.61 Å². The van der Waals surface area contributed by atoms with Crippen LogP contribution in [0.2, 0.25) is 0 Å². The van der Waals surface area contributed by atoms with Crippen molar-refractivity contribution in [3.8, 4) is 0 Å². The first-order chi connectivity index (χ1) is 7.88. The monoisotopic (exact) mass is 250 g/mol. The molecule has 5 atom stereocenters. The fraction of sp³-hybridized carbons (Fsp3) is 0.778. The quantitative estimate of drug-likeness (QED) is 0.306. The molecular weight excluding hydrogens is 236 g/mol. The summed E-state index contributed by atoms with van der Waals surface area (Å²) < 4.78 is 9.32. The Morgan fingerprint density at radius 1 is 1.18 bits per heavy atom. The summed E-state index contributed by atoms with van der Waals surface area (Å²) in [5.41, 5.74) is 0. The molecule has 0 aromatic rings. The zero-order valence-electron chi connectivity index (χ0n) is 9.02. The summed E-state index contributed by atoms with van der Waals surface area (Å²) in [6, 6.07) is 0. The fourth-order valence-corrected chi connectivity index (χ4v) is 1.35. The van der Waals surface area contributed by atoms with Crippen LogP contribution in [0.4, 0.5) is 0 Å². The van der Waals surface area contributed by atoms with Gasteiger partial charge in [-0.05, 0) is 0 Å². The van der Waals surface area contributed by atoms with Crippen molar-refractivity contribution in [3.63, 3.8) is 0 Å². The minimum absolute atomic E-state index is 0.640. The smallest absolute Gasteiger partial charge is 0.376 e. The third-order valence-corrected chi connectivity index (χ3v) is 2.36. The highest BCUT2D eigenvalue weighted by Crippen LogP contribution is 2.21. The lowest BCUT2D eigenvalue weighted by molar-refractivity contribution is -0.291. The number of carbonyl (C=O) groups is 2. The Kier molecular flexibility index (Phi) is 4.54. The summed E-state index contributed by atoms with van der Waals surface area (Å²) in [6.45, 7) is 0.325. The Bertz CT molecular complexity index is 301. The second-order valence-corrected chi connectivity index (χ2v) is 3.66. The van der Waals surface area contributed by atoms with Crippen LogP contribution in [0.3, 0.4) is 0 Å². The SMILES string of the molecule is CC(=O)C(=O)O[C@@H]1O[C@H](CO)[C@H](O)[C@H](O)[C@H]1O. The molecule has 0 saturated carbocycles. The molecule has 1 saturated heterocycles. The Morgan fingerprint density at radius 3 is 2.24 bits per heavy atom. The minimum Gasteiger partial charge on any atom is -0.427 e. The predicted octanol–water partition coefficient (Wildman–Crippen LogP) is -3.08. The number of esters is 1. The Hall–Kier alpha value is -1.06. The van der Waals surface area contributed by atoms with Crippen LogP contribution < -0.4 is 0 Å². The van der Waals surface area contributed by atoms with Crippen LogP contribution in [0.25, 0.3) is 0 Å². The molecular formula is C9H14O8. The van der Waals surface area contributed by atoms with E-state index < -0.39 is 49.1 Å². The maximum atomic E-state index is 11.0. The van der Waals surface area contributed by atoms with Crippen molar-refractivity contribution in [1.82, 2.24) is 0 Å². The number of hydrogen-bond donors (Lipinski definition) is 4. The van der Waals surface area contributed by atoms with Crippen LogP contribution in [-0.2, 0) is 19.1 Å². The first-order valence-electron chi connectivity index (χ1n) is 4.90. The number of rotatable bonds is 3. The van der Waals surface area contributed by atoms with Gasteiger partial charge in [-0.1, -0.05) is 0 Å². The lowest BCUT2D eigenvalue weighted by atomic mass is 9.99. The topological polar surface area (TPSA) is 134 Å². The standard InChI is InChI=1S/C9H14O8/c1-3(11)8(15)17-9-7(14)6(13)5(12)4(2-10)16-9/h4-7,9-10,12-14H,2H2,1H3/t4-,5+,6+,7-,9+/m1/s1. The second kappa shape index (κ2) is 5.52. The molecule has 0 aliphatic carbocycles. The van der Waals surface area contributed by atoms with E-state index in [9.17, 15) is 24.9 Å².